The molecule has 1 unspecified atom stereocenters. The molecule has 5 nitrogen and oxygen atoms in total. The van der Waals surface area contributed by atoms with Crippen molar-refractivity contribution in [3.63, 3.8) is 0 Å². The highest BCUT2D eigenvalue weighted by atomic mass is 16.5. The van der Waals surface area contributed by atoms with E-state index >= 15 is 0 Å². The Morgan fingerprint density at radius 1 is 1.19 bits per heavy atom. The minimum Gasteiger partial charge on any atom is -0.496 e. The summed E-state index contributed by atoms with van der Waals surface area (Å²) in [6.07, 6.45) is 5.45. The molecule has 1 aliphatic heterocycles. The Morgan fingerprint density at radius 3 is 2.70 bits per heavy atom. The van der Waals surface area contributed by atoms with E-state index in [0.29, 0.717) is 12.0 Å². The van der Waals surface area contributed by atoms with Gasteiger partial charge in [0.15, 0.2) is 0 Å². The van der Waals surface area contributed by atoms with Crippen LogP contribution < -0.4 is 4.74 Å². The Kier molecular flexibility index (Phi) is 5.50. The topological polar surface area (TPSA) is 47.7 Å². The van der Waals surface area contributed by atoms with Gasteiger partial charge in [-0.1, -0.05) is 0 Å². The number of aryl methyl sites for hydroxylation is 2. The second kappa shape index (κ2) is 8.03. The lowest BCUT2D eigenvalue weighted by Crippen LogP contribution is -2.33. The number of nitrogens with zero attached hydrogens (tertiary/aromatic N) is 2. The lowest BCUT2D eigenvalue weighted by Gasteiger charge is -2.24. The summed E-state index contributed by atoms with van der Waals surface area (Å²) in [7, 11) is 1.69. The maximum absolute atomic E-state index is 6.01. The molecule has 0 spiro atoms. The monoisotopic (exact) mass is 370 g/mol. The van der Waals surface area contributed by atoms with Crippen molar-refractivity contribution in [1.29, 1.82) is 0 Å². The average Bonchev–Trinajstić information content (AvgIpc) is 3.17. The summed E-state index contributed by atoms with van der Waals surface area (Å²) in [5, 5.41) is 0. The third kappa shape index (κ3) is 4.53. The fourth-order valence-corrected chi connectivity index (χ4v) is 3.87. The largest absolute Gasteiger partial charge is 0.496 e. The number of methoxy groups -OCH3 is 1. The fraction of sp³-hybridized carbons (Fsp3) is 0.591. The number of oxazole rings is 1. The quantitative estimate of drug-likeness (QED) is 0.691. The Hall–Kier alpha value is -1.85. The predicted molar refractivity (Wildman–Crippen MR) is 105 cm³/mol. The minimum atomic E-state index is 0.375. The van der Waals surface area contributed by atoms with E-state index in [9.17, 15) is 0 Å². The molecule has 1 aromatic carbocycles. The first-order valence-corrected chi connectivity index (χ1v) is 10.1. The van der Waals surface area contributed by atoms with Gasteiger partial charge >= 0.3 is 0 Å². The molecule has 0 N–H and O–H groups in total. The van der Waals surface area contributed by atoms with E-state index in [1.807, 2.05) is 26.0 Å². The molecule has 1 saturated carbocycles. The highest BCUT2D eigenvalue weighted by molar-refractivity contribution is 5.57. The van der Waals surface area contributed by atoms with Crippen LogP contribution in [0.2, 0.25) is 0 Å². The van der Waals surface area contributed by atoms with E-state index in [1.165, 1.54) is 25.7 Å². The molecular formula is C22H30N2O3. The zero-order valence-corrected chi connectivity index (χ0v) is 16.7. The first-order chi connectivity index (χ1) is 13.1. The molecule has 0 radical (unpaired) electrons. The van der Waals surface area contributed by atoms with E-state index in [4.69, 9.17) is 18.9 Å². The van der Waals surface area contributed by atoms with Crippen molar-refractivity contribution in [1.82, 2.24) is 9.88 Å². The van der Waals surface area contributed by atoms with Crippen LogP contribution in [0.3, 0.4) is 0 Å². The van der Waals surface area contributed by atoms with Crippen molar-refractivity contribution in [2.45, 2.75) is 52.2 Å². The molecule has 2 aromatic rings. The maximum Gasteiger partial charge on any atom is 0.226 e. The van der Waals surface area contributed by atoms with Crippen LogP contribution in [0.5, 0.6) is 5.75 Å². The molecule has 2 heterocycles. The van der Waals surface area contributed by atoms with Gasteiger partial charge in [-0.25, -0.2) is 4.98 Å². The SMILES string of the molecule is COc1ccc(-c2nc(CN(CC3CC3)CC3CCCO3)c(C)o2)cc1C. The number of ether oxygens (including phenoxy) is 2. The van der Waals surface area contributed by atoms with Crippen LogP contribution in [0.1, 0.15) is 42.7 Å². The number of hydrogen-bond acceptors (Lipinski definition) is 5. The summed E-state index contributed by atoms with van der Waals surface area (Å²) in [4.78, 5) is 7.34. The van der Waals surface area contributed by atoms with Gasteiger partial charge in [0.25, 0.3) is 0 Å². The van der Waals surface area contributed by atoms with E-state index in [2.05, 4.69) is 11.0 Å². The number of aromatic nitrogens is 1. The molecule has 2 aliphatic rings. The summed E-state index contributed by atoms with van der Waals surface area (Å²) >= 11 is 0. The molecule has 0 bridgehead atoms. The van der Waals surface area contributed by atoms with Gasteiger partial charge in [0.1, 0.15) is 11.5 Å². The lowest BCUT2D eigenvalue weighted by molar-refractivity contribution is 0.0684. The van der Waals surface area contributed by atoms with Crippen LogP contribution in [0.4, 0.5) is 0 Å². The second-order valence-corrected chi connectivity index (χ2v) is 7.98. The van der Waals surface area contributed by atoms with Crippen molar-refractivity contribution in [3.05, 3.63) is 35.2 Å². The van der Waals surface area contributed by atoms with Gasteiger partial charge in [-0.3, -0.25) is 4.90 Å². The van der Waals surface area contributed by atoms with Crippen LogP contribution in [-0.2, 0) is 11.3 Å². The molecule has 2 fully saturated rings. The van der Waals surface area contributed by atoms with Gasteiger partial charge in [-0.05, 0) is 69.2 Å². The van der Waals surface area contributed by atoms with Crippen molar-refractivity contribution in [2.75, 3.05) is 26.8 Å². The average molecular weight is 370 g/mol. The van der Waals surface area contributed by atoms with E-state index in [-0.39, 0.29) is 0 Å². The number of hydrogen-bond donors (Lipinski definition) is 0. The van der Waals surface area contributed by atoms with Crippen LogP contribution in [0.25, 0.3) is 11.5 Å². The highest BCUT2D eigenvalue weighted by Gasteiger charge is 2.28. The van der Waals surface area contributed by atoms with Crippen LogP contribution >= 0.6 is 0 Å². The summed E-state index contributed by atoms with van der Waals surface area (Å²) in [5.41, 5.74) is 3.12. The fourth-order valence-electron chi connectivity index (χ4n) is 3.87. The van der Waals surface area contributed by atoms with Crippen LogP contribution in [0, 0.1) is 19.8 Å². The standard InChI is InChI=1S/C22H30N2O3/c1-15-11-18(8-9-21(15)25-3)22-23-20(16(2)27-22)14-24(12-17-6-7-17)13-19-5-4-10-26-19/h8-9,11,17,19H,4-7,10,12-14H2,1-3H3. The molecule has 1 atom stereocenters. The van der Waals surface area contributed by atoms with Gasteiger partial charge in [0, 0.05) is 31.8 Å². The van der Waals surface area contributed by atoms with E-state index in [0.717, 1.165) is 60.5 Å². The minimum absolute atomic E-state index is 0.375. The van der Waals surface area contributed by atoms with Crippen molar-refractivity contribution < 1.29 is 13.9 Å². The first-order valence-electron chi connectivity index (χ1n) is 10.1. The summed E-state index contributed by atoms with van der Waals surface area (Å²) in [6, 6.07) is 6.05. The highest BCUT2D eigenvalue weighted by Crippen LogP contribution is 2.32. The zero-order chi connectivity index (χ0) is 18.8. The third-order valence-corrected chi connectivity index (χ3v) is 5.61. The summed E-state index contributed by atoms with van der Waals surface area (Å²) in [6.45, 7) is 7.94. The van der Waals surface area contributed by atoms with Crippen LogP contribution in [0.15, 0.2) is 22.6 Å². The Bertz CT molecular complexity index is 776. The molecule has 27 heavy (non-hydrogen) atoms. The van der Waals surface area contributed by atoms with Gasteiger partial charge in [-0.2, -0.15) is 0 Å². The maximum atomic E-state index is 6.01. The van der Waals surface area contributed by atoms with Crippen molar-refractivity contribution in [3.8, 4) is 17.2 Å². The molecule has 146 valence electrons. The molecule has 1 aliphatic carbocycles. The molecular weight excluding hydrogens is 340 g/mol. The van der Waals surface area contributed by atoms with E-state index in [1.54, 1.807) is 7.11 Å². The van der Waals surface area contributed by atoms with Gasteiger partial charge in [-0.15, -0.1) is 0 Å². The van der Waals surface area contributed by atoms with Gasteiger partial charge in [0.05, 0.1) is 18.9 Å². The Balaban J connectivity index is 1.49. The van der Waals surface area contributed by atoms with Crippen molar-refractivity contribution >= 4 is 0 Å². The first kappa shape index (κ1) is 18.5. The summed E-state index contributed by atoms with van der Waals surface area (Å²) < 4.78 is 17.2. The number of benzene rings is 1. The molecule has 5 heteroatoms. The van der Waals surface area contributed by atoms with Gasteiger partial charge in [0.2, 0.25) is 5.89 Å². The predicted octanol–water partition coefficient (Wildman–Crippen LogP) is 4.36. The Morgan fingerprint density at radius 2 is 2.04 bits per heavy atom. The Labute approximate surface area is 161 Å². The molecule has 4 rings (SSSR count). The van der Waals surface area contributed by atoms with E-state index < -0.39 is 0 Å². The third-order valence-electron chi connectivity index (χ3n) is 5.61. The number of rotatable bonds is 8. The summed E-state index contributed by atoms with van der Waals surface area (Å²) in [5.74, 6) is 3.33. The van der Waals surface area contributed by atoms with Crippen molar-refractivity contribution in [2.24, 2.45) is 5.92 Å². The molecule has 1 aromatic heterocycles. The molecule has 1 saturated heterocycles. The van der Waals surface area contributed by atoms with Crippen LogP contribution in [-0.4, -0.2) is 42.8 Å². The van der Waals surface area contributed by atoms with Gasteiger partial charge < -0.3 is 13.9 Å². The smallest absolute Gasteiger partial charge is 0.226 e. The molecule has 0 amide bonds. The lowest BCUT2D eigenvalue weighted by atomic mass is 10.1. The normalized spacial score (nSPS) is 19.8. The zero-order valence-electron chi connectivity index (χ0n) is 16.7. The second-order valence-electron chi connectivity index (χ2n) is 7.98.